The number of nitrogens with one attached hydrogen (secondary N) is 1. The second-order valence-electron chi connectivity index (χ2n) is 3.58. The van der Waals surface area contributed by atoms with E-state index in [1.54, 1.807) is 42.9 Å². The Hall–Kier alpha value is -2.13. The smallest absolute Gasteiger partial charge is 0.187 e. The van der Waals surface area contributed by atoms with Crippen molar-refractivity contribution in [3.8, 4) is 0 Å². The molecule has 3 nitrogen and oxygen atoms in total. The number of nitrogens with zero attached hydrogens (tertiary/aromatic N) is 1. The molecule has 0 fully saturated rings. The summed E-state index contributed by atoms with van der Waals surface area (Å²) < 4.78 is 0. The fraction of sp³-hybridized carbons (Fsp3) is 0. The Morgan fingerprint density at radius 3 is 2.44 bits per heavy atom. The highest BCUT2D eigenvalue weighted by atomic mass is 35.5. The molecule has 90 valence electrons. The van der Waals surface area contributed by atoms with Gasteiger partial charge in [0.2, 0.25) is 0 Å². The predicted octanol–water partition coefficient (Wildman–Crippen LogP) is 3.54. The summed E-state index contributed by atoms with van der Waals surface area (Å²) in [6.45, 7) is 0. The lowest BCUT2D eigenvalue weighted by Gasteiger charge is -2.00. The van der Waals surface area contributed by atoms with Gasteiger partial charge in [-0.3, -0.25) is 9.78 Å². The summed E-state index contributed by atoms with van der Waals surface area (Å²) in [5, 5.41) is 3.68. The molecule has 0 saturated carbocycles. The van der Waals surface area contributed by atoms with Crippen LogP contribution in [-0.2, 0) is 0 Å². The fourth-order valence-electron chi connectivity index (χ4n) is 1.37. The zero-order chi connectivity index (χ0) is 12.8. The normalized spacial score (nSPS) is 10.5. The van der Waals surface area contributed by atoms with Gasteiger partial charge in [-0.1, -0.05) is 11.6 Å². The maximum absolute atomic E-state index is 11.7. The van der Waals surface area contributed by atoms with Crippen LogP contribution in [-0.4, -0.2) is 10.8 Å². The van der Waals surface area contributed by atoms with Gasteiger partial charge in [0.05, 0.1) is 0 Å². The molecule has 18 heavy (non-hydrogen) atoms. The summed E-state index contributed by atoms with van der Waals surface area (Å²) in [5.41, 5.74) is 1.48. The Morgan fingerprint density at radius 1 is 1.11 bits per heavy atom. The van der Waals surface area contributed by atoms with Crippen molar-refractivity contribution in [3.05, 3.63) is 71.7 Å². The second-order valence-corrected chi connectivity index (χ2v) is 4.02. The summed E-state index contributed by atoms with van der Waals surface area (Å²) in [7, 11) is 0. The summed E-state index contributed by atoms with van der Waals surface area (Å²) in [6.07, 6.45) is 6.26. The fourth-order valence-corrected chi connectivity index (χ4v) is 1.50. The molecule has 0 atom stereocenters. The Morgan fingerprint density at radius 2 is 1.78 bits per heavy atom. The molecular formula is C14H11ClN2O. The van der Waals surface area contributed by atoms with Gasteiger partial charge in [0.25, 0.3) is 0 Å². The third-order valence-corrected chi connectivity index (χ3v) is 2.55. The minimum Gasteiger partial charge on any atom is -0.362 e. The third-order valence-electron chi connectivity index (χ3n) is 2.29. The molecule has 1 heterocycles. The molecule has 0 spiro atoms. The van der Waals surface area contributed by atoms with Crippen molar-refractivity contribution in [3.63, 3.8) is 0 Å². The van der Waals surface area contributed by atoms with Crippen molar-refractivity contribution >= 4 is 23.1 Å². The first-order valence-corrected chi connectivity index (χ1v) is 5.76. The molecule has 0 amide bonds. The summed E-state index contributed by atoms with van der Waals surface area (Å²) in [4.78, 5) is 15.6. The number of pyridine rings is 1. The standard InChI is InChI=1S/C14H11ClN2O/c15-12-1-3-13(4-2-12)17-10-7-14(18)11-5-8-16-9-6-11/h1-10,17H/b10-7-. The second kappa shape index (κ2) is 5.98. The molecule has 0 unspecified atom stereocenters. The van der Waals surface area contributed by atoms with Crippen LogP contribution in [0.1, 0.15) is 10.4 Å². The summed E-state index contributed by atoms with van der Waals surface area (Å²) in [6, 6.07) is 10.6. The Bertz CT molecular complexity index is 550. The molecular weight excluding hydrogens is 248 g/mol. The number of anilines is 1. The van der Waals surface area contributed by atoms with E-state index in [2.05, 4.69) is 10.3 Å². The van der Waals surface area contributed by atoms with Gasteiger partial charge in [-0.15, -0.1) is 0 Å². The van der Waals surface area contributed by atoms with Crippen LogP contribution in [0.15, 0.2) is 61.1 Å². The zero-order valence-corrected chi connectivity index (χ0v) is 10.3. The van der Waals surface area contributed by atoms with Crippen molar-refractivity contribution < 1.29 is 4.79 Å². The van der Waals surface area contributed by atoms with Gasteiger partial charge in [0.1, 0.15) is 0 Å². The van der Waals surface area contributed by atoms with E-state index < -0.39 is 0 Å². The topological polar surface area (TPSA) is 42.0 Å². The van der Waals surface area contributed by atoms with Crippen molar-refractivity contribution in [2.45, 2.75) is 0 Å². The zero-order valence-electron chi connectivity index (χ0n) is 9.51. The van der Waals surface area contributed by atoms with Crippen LogP contribution in [0.4, 0.5) is 5.69 Å². The minimum absolute atomic E-state index is 0.0705. The van der Waals surface area contributed by atoms with Gasteiger partial charge in [0, 0.05) is 40.9 Å². The number of rotatable bonds is 4. The Balaban J connectivity index is 1.96. The maximum atomic E-state index is 11.7. The number of benzene rings is 1. The van der Waals surface area contributed by atoms with Crippen molar-refractivity contribution in [2.75, 3.05) is 5.32 Å². The summed E-state index contributed by atoms with van der Waals surface area (Å²) >= 11 is 5.77. The number of hydrogen-bond acceptors (Lipinski definition) is 3. The van der Waals surface area contributed by atoms with Crippen LogP contribution in [0.3, 0.4) is 0 Å². The molecule has 1 aromatic heterocycles. The van der Waals surface area contributed by atoms with Gasteiger partial charge < -0.3 is 5.32 Å². The van der Waals surface area contributed by atoms with Crippen molar-refractivity contribution in [2.24, 2.45) is 0 Å². The van der Waals surface area contributed by atoms with E-state index in [1.165, 1.54) is 6.08 Å². The van der Waals surface area contributed by atoms with Crippen molar-refractivity contribution in [1.82, 2.24) is 4.98 Å². The molecule has 0 aliphatic carbocycles. The number of carbonyl (C=O) groups is 1. The molecule has 0 radical (unpaired) electrons. The number of carbonyl (C=O) groups excluding carboxylic acids is 1. The minimum atomic E-state index is -0.0705. The third kappa shape index (κ3) is 3.43. The van der Waals surface area contributed by atoms with Crippen molar-refractivity contribution in [1.29, 1.82) is 0 Å². The van der Waals surface area contributed by atoms with Crippen LogP contribution < -0.4 is 5.32 Å². The Labute approximate surface area is 110 Å². The number of ketones is 1. The van der Waals surface area contributed by atoms with Crippen LogP contribution >= 0.6 is 11.6 Å². The molecule has 0 aliphatic rings. The lowest BCUT2D eigenvalue weighted by Crippen LogP contribution is -1.96. The monoisotopic (exact) mass is 258 g/mol. The first-order valence-electron chi connectivity index (χ1n) is 5.39. The first kappa shape index (κ1) is 12.3. The van der Waals surface area contributed by atoms with Crippen LogP contribution in [0.5, 0.6) is 0 Å². The highest BCUT2D eigenvalue weighted by Gasteiger charge is 1.99. The average molecular weight is 259 g/mol. The van der Waals surface area contributed by atoms with Gasteiger partial charge in [-0.25, -0.2) is 0 Å². The number of hydrogen-bond donors (Lipinski definition) is 1. The SMILES string of the molecule is O=C(/C=C\Nc1ccc(Cl)cc1)c1ccncc1. The molecule has 0 saturated heterocycles. The Kier molecular flexibility index (Phi) is 4.10. The largest absolute Gasteiger partial charge is 0.362 e. The van der Waals surface area contributed by atoms with E-state index in [-0.39, 0.29) is 5.78 Å². The van der Waals surface area contributed by atoms with E-state index in [4.69, 9.17) is 11.6 Å². The van der Waals surface area contributed by atoms with E-state index >= 15 is 0 Å². The van der Waals surface area contributed by atoms with Gasteiger partial charge in [-0.2, -0.15) is 0 Å². The van der Waals surface area contributed by atoms with E-state index in [0.29, 0.717) is 10.6 Å². The number of halogens is 1. The predicted molar refractivity (Wildman–Crippen MR) is 72.8 cm³/mol. The molecule has 2 aromatic rings. The van der Waals surface area contributed by atoms with Gasteiger partial charge in [-0.05, 0) is 36.4 Å². The summed E-state index contributed by atoms with van der Waals surface area (Å²) in [5.74, 6) is -0.0705. The molecule has 4 heteroatoms. The van der Waals surface area contributed by atoms with E-state index in [9.17, 15) is 4.79 Å². The molecule has 1 aromatic carbocycles. The number of aromatic nitrogens is 1. The molecule has 2 rings (SSSR count). The van der Waals surface area contributed by atoms with Crippen LogP contribution in [0.25, 0.3) is 0 Å². The lowest BCUT2D eigenvalue weighted by molar-refractivity contribution is 0.104. The first-order chi connectivity index (χ1) is 8.75. The lowest BCUT2D eigenvalue weighted by atomic mass is 10.2. The van der Waals surface area contributed by atoms with Crippen LogP contribution in [0, 0.1) is 0 Å². The highest BCUT2D eigenvalue weighted by molar-refractivity contribution is 6.30. The molecule has 0 bridgehead atoms. The van der Waals surface area contributed by atoms with Gasteiger partial charge in [0.15, 0.2) is 5.78 Å². The van der Waals surface area contributed by atoms with Crippen LogP contribution in [0.2, 0.25) is 5.02 Å². The highest BCUT2D eigenvalue weighted by Crippen LogP contribution is 2.13. The molecule has 1 N–H and O–H groups in total. The van der Waals surface area contributed by atoms with E-state index in [0.717, 1.165) is 5.69 Å². The van der Waals surface area contributed by atoms with E-state index in [1.807, 2.05) is 12.1 Å². The average Bonchev–Trinajstić information content (AvgIpc) is 2.42. The van der Waals surface area contributed by atoms with Gasteiger partial charge >= 0.3 is 0 Å². The quantitative estimate of drug-likeness (QED) is 0.674. The number of allylic oxidation sites excluding steroid dienone is 1. The maximum Gasteiger partial charge on any atom is 0.187 e. The molecule has 0 aliphatic heterocycles.